The van der Waals surface area contributed by atoms with E-state index in [0.29, 0.717) is 0 Å². The molecule has 0 aliphatic heterocycles. The second kappa shape index (κ2) is 3.21. The van der Waals surface area contributed by atoms with Crippen LogP contribution in [-0.2, 0) is 0 Å². The van der Waals surface area contributed by atoms with E-state index in [9.17, 15) is 0 Å². The van der Waals surface area contributed by atoms with Crippen LogP contribution in [0.1, 0.15) is 26.2 Å². The standard InChI is InChI=1S/C8H17N/c1-3-7(6-9-2)8-4-5-8/h7-9H,3-6H2,1-2H3. The van der Waals surface area contributed by atoms with Crippen LogP contribution in [0.4, 0.5) is 0 Å². The van der Waals surface area contributed by atoms with Gasteiger partial charge in [0.25, 0.3) is 0 Å². The fourth-order valence-electron chi connectivity index (χ4n) is 1.47. The second-order valence-electron chi connectivity index (χ2n) is 3.06. The molecule has 1 unspecified atom stereocenters. The lowest BCUT2D eigenvalue weighted by Crippen LogP contribution is -2.19. The van der Waals surface area contributed by atoms with Crippen molar-refractivity contribution in [2.45, 2.75) is 26.2 Å². The molecule has 0 aromatic carbocycles. The number of hydrogen-bond acceptors (Lipinski definition) is 1. The van der Waals surface area contributed by atoms with Crippen molar-refractivity contribution >= 4 is 0 Å². The summed E-state index contributed by atoms with van der Waals surface area (Å²) in [6.45, 7) is 3.52. The van der Waals surface area contributed by atoms with Crippen LogP contribution < -0.4 is 5.32 Å². The maximum atomic E-state index is 3.24. The fraction of sp³-hybridized carbons (Fsp3) is 1.00. The van der Waals surface area contributed by atoms with Crippen LogP contribution in [-0.4, -0.2) is 13.6 Å². The Kier molecular flexibility index (Phi) is 2.52. The first-order valence-corrected chi connectivity index (χ1v) is 4.03. The van der Waals surface area contributed by atoms with Gasteiger partial charge in [0, 0.05) is 0 Å². The van der Waals surface area contributed by atoms with E-state index in [-0.39, 0.29) is 0 Å². The van der Waals surface area contributed by atoms with E-state index >= 15 is 0 Å². The third kappa shape index (κ3) is 1.98. The van der Waals surface area contributed by atoms with E-state index in [0.717, 1.165) is 11.8 Å². The molecular weight excluding hydrogens is 110 g/mol. The maximum Gasteiger partial charge on any atom is -0.00210 e. The topological polar surface area (TPSA) is 12.0 Å². The SMILES string of the molecule is CCC(CNC)C1CC1. The van der Waals surface area contributed by atoms with Crippen molar-refractivity contribution in [1.82, 2.24) is 5.32 Å². The van der Waals surface area contributed by atoms with Gasteiger partial charge < -0.3 is 5.32 Å². The summed E-state index contributed by atoms with van der Waals surface area (Å²) in [6.07, 6.45) is 4.33. The van der Waals surface area contributed by atoms with E-state index < -0.39 is 0 Å². The van der Waals surface area contributed by atoms with Gasteiger partial charge in [0.05, 0.1) is 0 Å². The summed E-state index contributed by atoms with van der Waals surface area (Å²) in [5.41, 5.74) is 0. The first-order chi connectivity index (χ1) is 4.38. The predicted molar refractivity (Wildman–Crippen MR) is 40.4 cm³/mol. The molecule has 1 atom stereocenters. The Hall–Kier alpha value is -0.0400. The van der Waals surface area contributed by atoms with Crippen molar-refractivity contribution in [3.63, 3.8) is 0 Å². The van der Waals surface area contributed by atoms with Gasteiger partial charge in [0.2, 0.25) is 0 Å². The number of rotatable bonds is 4. The summed E-state index contributed by atoms with van der Waals surface area (Å²) in [6, 6.07) is 0. The largest absolute Gasteiger partial charge is 0.319 e. The highest BCUT2D eigenvalue weighted by Crippen LogP contribution is 2.37. The van der Waals surface area contributed by atoms with E-state index in [2.05, 4.69) is 12.2 Å². The zero-order valence-electron chi connectivity index (χ0n) is 6.48. The molecule has 1 rings (SSSR count). The van der Waals surface area contributed by atoms with E-state index in [1.54, 1.807) is 0 Å². The Bertz CT molecular complexity index is 76.6. The fourth-order valence-corrected chi connectivity index (χ4v) is 1.47. The van der Waals surface area contributed by atoms with E-state index in [1.807, 2.05) is 7.05 Å². The normalized spacial score (nSPS) is 22.0. The third-order valence-corrected chi connectivity index (χ3v) is 2.28. The number of hydrogen-bond donors (Lipinski definition) is 1. The van der Waals surface area contributed by atoms with Gasteiger partial charge in [0.15, 0.2) is 0 Å². The molecule has 0 heterocycles. The van der Waals surface area contributed by atoms with Gasteiger partial charge >= 0.3 is 0 Å². The highest BCUT2D eigenvalue weighted by Gasteiger charge is 2.28. The summed E-state index contributed by atoms with van der Waals surface area (Å²) < 4.78 is 0. The summed E-state index contributed by atoms with van der Waals surface area (Å²) >= 11 is 0. The molecule has 1 saturated carbocycles. The molecule has 0 spiro atoms. The molecule has 9 heavy (non-hydrogen) atoms. The lowest BCUT2D eigenvalue weighted by molar-refractivity contribution is 0.429. The second-order valence-corrected chi connectivity index (χ2v) is 3.06. The van der Waals surface area contributed by atoms with Crippen LogP contribution >= 0.6 is 0 Å². The molecule has 1 N–H and O–H groups in total. The van der Waals surface area contributed by atoms with Gasteiger partial charge in [-0.25, -0.2) is 0 Å². The molecule has 0 aromatic heterocycles. The maximum absolute atomic E-state index is 3.24. The minimum absolute atomic E-state index is 0.968. The highest BCUT2D eigenvalue weighted by atomic mass is 14.8. The lowest BCUT2D eigenvalue weighted by atomic mass is 10.0. The Morgan fingerprint density at radius 1 is 1.56 bits per heavy atom. The summed E-state index contributed by atoms with van der Waals surface area (Å²) in [4.78, 5) is 0. The monoisotopic (exact) mass is 127 g/mol. The molecule has 0 amide bonds. The van der Waals surface area contributed by atoms with Crippen LogP contribution in [0.15, 0.2) is 0 Å². The Morgan fingerprint density at radius 3 is 2.56 bits per heavy atom. The quantitative estimate of drug-likeness (QED) is 0.605. The molecular formula is C8H17N. The van der Waals surface area contributed by atoms with Gasteiger partial charge in [-0.1, -0.05) is 13.3 Å². The van der Waals surface area contributed by atoms with Crippen LogP contribution in [0.5, 0.6) is 0 Å². The molecule has 0 aromatic rings. The van der Waals surface area contributed by atoms with Crippen molar-refractivity contribution in [2.24, 2.45) is 11.8 Å². The minimum Gasteiger partial charge on any atom is -0.319 e. The Morgan fingerprint density at radius 2 is 2.22 bits per heavy atom. The van der Waals surface area contributed by atoms with Gasteiger partial charge in [0.1, 0.15) is 0 Å². The smallest absolute Gasteiger partial charge is 0.00210 e. The molecule has 1 fully saturated rings. The first kappa shape index (κ1) is 7.07. The molecule has 54 valence electrons. The van der Waals surface area contributed by atoms with Crippen LogP contribution in [0.3, 0.4) is 0 Å². The summed E-state index contributed by atoms with van der Waals surface area (Å²) in [5, 5.41) is 3.24. The number of nitrogens with one attached hydrogen (secondary N) is 1. The first-order valence-electron chi connectivity index (χ1n) is 4.03. The van der Waals surface area contributed by atoms with E-state index in [1.165, 1.54) is 25.8 Å². The van der Waals surface area contributed by atoms with E-state index in [4.69, 9.17) is 0 Å². The lowest BCUT2D eigenvalue weighted by Gasteiger charge is -2.11. The van der Waals surface area contributed by atoms with Crippen molar-refractivity contribution in [1.29, 1.82) is 0 Å². The highest BCUT2D eigenvalue weighted by molar-refractivity contribution is 4.81. The predicted octanol–water partition coefficient (Wildman–Crippen LogP) is 1.64. The Labute approximate surface area is 57.8 Å². The molecule has 0 saturated heterocycles. The van der Waals surface area contributed by atoms with Crippen molar-refractivity contribution in [3.05, 3.63) is 0 Å². The van der Waals surface area contributed by atoms with Crippen molar-refractivity contribution in [2.75, 3.05) is 13.6 Å². The van der Waals surface area contributed by atoms with Crippen LogP contribution in [0, 0.1) is 11.8 Å². The third-order valence-electron chi connectivity index (χ3n) is 2.28. The average molecular weight is 127 g/mol. The zero-order valence-corrected chi connectivity index (χ0v) is 6.48. The minimum atomic E-state index is 0.968. The zero-order chi connectivity index (χ0) is 6.69. The summed E-state index contributed by atoms with van der Waals surface area (Å²) in [5.74, 6) is 2.04. The molecule has 0 bridgehead atoms. The van der Waals surface area contributed by atoms with Gasteiger partial charge in [-0.05, 0) is 38.3 Å². The van der Waals surface area contributed by atoms with Gasteiger partial charge in [-0.3, -0.25) is 0 Å². The molecule has 1 heteroatoms. The van der Waals surface area contributed by atoms with Crippen LogP contribution in [0.2, 0.25) is 0 Å². The summed E-state index contributed by atoms with van der Waals surface area (Å²) in [7, 11) is 2.05. The van der Waals surface area contributed by atoms with Crippen LogP contribution in [0.25, 0.3) is 0 Å². The Balaban J connectivity index is 2.12. The molecule has 1 nitrogen and oxygen atoms in total. The van der Waals surface area contributed by atoms with Crippen molar-refractivity contribution < 1.29 is 0 Å². The molecule has 1 aliphatic rings. The van der Waals surface area contributed by atoms with Gasteiger partial charge in [-0.15, -0.1) is 0 Å². The average Bonchev–Trinajstić information content (AvgIpc) is 2.64. The molecule has 1 aliphatic carbocycles. The van der Waals surface area contributed by atoms with Crippen molar-refractivity contribution in [3.8, 4) is 0 Å². The van der Waals surface area contributed by atoms with Gasteiger partial charge in [-0.2, -0.15) is 0 Å². The molecule has 0 radical (unpaired) electrons.